The van der Waals surface area contributed by atoms with Crippen LogP contribution in [0.3, 0.4) is 0 Å². The molecule has 0 saturated carbocycles. The highest BCUT2D eigenvalue weighted by Gasteiger charge is 2.29. The molecule has 0 aliphatic carbocycles. The van der Waals surface area contributed by atoms with Crippen molar-refractivity contribution < 1.29 is 4.79 Å². The van der Waals surface area contributed by atoms with E-state index < -0.39 is 6.04 Å². The fraction of sp³-hybridized carbons (Fsp3) is 0.222. The van der Waals surface area contributed by atoms with Gasteiger partial charge in [-0.2, -0.15) is 0 Å². The number of nitrogens with zero attached hydrogens (tertiary/aromatic N) is 3. The Hall–Kier alpha value is -2.95. The number of anilines is 1. The molecule has 1 aromatic heterocycles. The second-order valence-corrected chi connectivity index (χ2v) is 10.0. The number of nitrogens with one attached hydrogen (secondary N) is 1. The zero-order valence-electron chi connectivity index (χ0n) is 19.8. The minimum absolute atomic E-state index is 0.140. The molecule has 1 atom stereocenters. The third-order valence-electron chi connectivity index (χ3n) is 5.89. The first-order valence-corrected chi connectivity index (χ1v) is 13.2. The van der Waals surface area contributed by atoms with Crippen molar-refractivity contribution in [1.82, 2.24) is 14.6 Å². The van der Waals surface area contributed by atoms with Crippen LogP contribution in [-0.2, 0) is 0 Å². The van der Waals surface area contributed by atoms with Crippen LogP contribution in [0.1, 0.15) is 42.0 Å². The number of aromatic nitrogens is 2. The van der Waals surface area contributed by atoms with Gasteiger partial charge in [0.2, 0.25) is 0 Å². The molecule has 0 aliphatic rings. The molecule has 1 heterocycles. The second-order valence-electron chi connectivity index (χ2n) is 8.32. The summed E-state index contributed by atoms with van der Waals surface area (Å²) in [5.41, 5.74) is 10.5. The Kier molecular flexibility index (Phi) is 8.60. The molecule has 1 amide bonds. The molecule has 9 heteroatoms. The minimum atomic E-state index is -0.490. The number of para-hydroxylation sites is 1. The third-order valence-corrected chi connectivity index (χ3v) is 6.84. The summed E-state index contributed by atoms with van der Waals surface area (Å²) in [4.78, 5) is 34.1. The first-order chi connectivity index (χ1) is 17.4. The van der Waals surface area contributed by atoms with Gasteiger partial charge in [-0.25, -0.2) is 9.66 Å². The van der Waals surface area contributed by atoms with Crippen LogP contribution in [0.5, 0.6) is 0 Å². The number of carbonyl (C=O) groups is 1. The summed E-state index contributed by atoms with van der Waals surface area (Å²) in [5, 5.41) is 0.913. The highest BCUT2D eigenvalue weighted by Crippen LogP contribution is 2.27. The standard InChI is InChI=1S/C27H27ClIN5O2/c1-2-24(33(16-6-15-30)26(35)18-9-12-20(29)13-10-18)25-31-23-17-19(28)11-14-22(23)27(36)34(25)32-21-7-4-3-5-8-21/h3-5,7-14,17,24,32H,2,6,15-16,30H2,1H3. The third kappa shape index (κ3) is 5.71. The maximum absolute atomic E-state index is 13.7. The fourth-order valence-corrected chi connectivity index (χ4v) is 4.64. The summed E-state index contributed by atoms with van der Waals surface area (Å²) in [5.74, 6) is 0.287. The van der Waals surface area contributed by atoms with Gasteiger partial charge in [-0.1, -0.05) is 36.7 Å². The van der Waals surface area contributed by atoms with Gasteiger partial charge in [-0.15, -0.1) is 0 Å². The van der Waals surface area contributed by atoms with E-state index in [-0.39, 0.29) is 11.5 Å². The molecule has 186 valence electrons. The number of carbonyl (C=O) groups excluding carboxylic acids is 1. The number of nitrogens with two attached hydrogens (primary N) is 1. The summed E-state index contributed by atoms with van der Waals surface area (Å²) >= 11 is 8.45. The van der Waals surface area contributed by atoms with Gasteiger partial charge in [0, 0.05) is 20.7 Å². The molecule has 1 unspecified atom stereocenters. The van der Waals surface area contributed by atoms with E-state index in [0.717, 1.165) is 9.26 Å². The summed E-state index contributed by atoms with van der Waals surface area (Å²) in [6, 6.07) is 21.4. The van der Waals surface area contributed by atoms with Crippen LogP contribution in [0, 0.1) is 3.57 Å². The van der Waals surface area contributed by atoms with Crippen LogP contribution in [0.25, 0.3) is 10.9 Å². The highest BCUT2D eigenvalue weighted by molar-refractivity contribution is 14.1. The zero-order valence-corrected chi connectivity index (χ0v) is 22.7. The molecular formula is C27H27ClIN5O2. The van der Waals surface area contributed by atoms with Crippen LogP contribution in [0.2, 0.25) is 5.02 Å². The van der Waals surface area contributed by atoms with Gasteiger partial charge in [-0.3, -0.25) is 15.0 Å². The highest BCUT2D eigenvalue weighted by atomic mass is 127. The molecule has 0 fully saturated rings. The van der Waals surface area contributed by atoms with Gasteiger partial charge in [0.1, 0.15) is 0 Å². The Labute approximate surface area is 228 Å². The van der Waals surface area contributed by atoms with E-state index in [9.17, 15) is 9.59 Å². The van der Waals surface area contributed by atoms with Gasteiger partial charge >= 0.3 is 0 Å². The number of hydrogen-bond donors (Lipinski definition) is 2. The molecule has 4 rings (SSSR count). The smallest absolute Gasteiger partial charge is 0.280 e. The van der Waals surface area contributed by atoms with Crippen LogP contribution >= 0.6 is 34.2 Å². The lowest BCUT2D eigenvalue weighted by atomic mass is 10.1. The predicted octanol–water partition coefficient (Wildman–Crippen LogP) is 5.47. The molecule has 0 saturated heterocycles. The minimum Gasteiger partial charge on any atom is -0.330 e. The number of rotatable bonds is 9. The SMILES string of the molecule is CCC(c1nc2cc(Cl)ccc2c(=O)n1Nc1ccccc1)N(CCCN)C(=O)c1ccc(I)cc1. The molecule has 36 heavy (non-hydrogen) atoms. The number of benzene rings is 3. The second kappa shape index (κ2) is 11.9. The normalized spacial score (nSPS) is 11.9. The van der Waals surface area contributed by atoms with E-state index in [1.165, 1.54) is 4.68 Å². The monoisotopic (exact) mass is 615 g/mol. The Bertz CT molecular complexity index is 1410. The van der Waals surface area contributed by atoms with Crippen molar-refractivity contribution in [3.63, 3.8) is 0 Å². The summed E-state index contributed by atoms with van der Waals surface area (Å²) in [6.45, 7) is 2.83. The molecule has 0 bridgehead atoms. The molecule has 0 aliphatic heterocycles. The zero-order chi connectivity index (χ0) is 25.7. The van der Waals surface area contributed by atoms with Gasteiger partial charge in [0.05, 0.1) is 22.6 Å². The molecule has 7 nitrogen and oxygen atoms in total. The lowest BCUT2D eigenvalue weighted by Gasteiger charge is -2.32. The van der Waals surface area contributed by atoms with Crippen LogP contribution in [0.15, 0.2) is 77.6 Å². The van der Waals surface area contributed by atoms with Gasteiger partial charge in [0.25, 0.3) is 11.5 Å². The van der Waals surface area contributed by atoms with Crippen LogP contribution in [-0.4, -0.2) is 33.6 Å². The van der Waals surface area contributed by atoms with Gasteiger partial charge in [0.15, 0.2) is 5.82 Å². The molecule has 0 radical (unpaired) electrons. The molecular weight excluding hydrogens is 589 g/mol. The van der Waals surface area contributed by atoms with Crippen molar-refractivity contribution in [3.05, 3.63) is 103 Å². The van der Waals surface area contributed by atoms with Crippen molar-refractivity contribution >= 4 is 56.7 Å². The predicted molar refractivity (Wildman–Crippen MR) is 153 cm³/mol. The van der Waals surface area contributed by atoms with E-state index in [4.69, 9.17) is 22.3 Å². The first-order valence-electron chi connectivity index (χ1n) is 11.7. The van der Waals surface area contributed by atoms with Crippen molar-refractivity contribution in [3.8, 4) is 0 Å². The maximum Gasteiger partial charge on any atom is 0.280 e. The Morgan fingerprint density at radius 3 is 2.53 bits per heavy atom. The van der Waals surface area contributed by atoms with Crippen molar-refractivity contribution in [2.75, 3.05) is 18.5 Å². The van der Waals surface area contributed by atoms with E-state index in [1.54, 1.807) is 23.1 Å². The lowest BCUT2D eigenvalue weighted by molar-refractivity contribution is 0.0657. The van der Waals surface area contributed by atoms with E-state index in [0.29, 0.717) is 53.2 Å². The van der Waals surface area contributed by atoms with E-state index in [1.807, 2.05) is 61.5 Å². The number of halogens is 2. The Morgan fingerprint density at radius 1 is 1.14 bits per heavy atom. The van der Waals surface area contributed by atoms with Gasteiger partial charge in [-0.05, 0) is 96.6 Å². The Morgan fingerprint density at radius 2 is 1.86 bits per heavy atom. The molecule has 3 N–H and O–H groups in total. The fourth-order valence-electron chi connectivity index (χ4n) is 4.11. The molecule has 4 aromatic rings. The maximum atomic E-state index is 13.7. The van der Waals surface area contributed by atoms with Crippen LogP contribution < -0.4 is 16.7 Å². The topological polar surface area (TPSA) is 93.2 Å². The summed E-state index contributed by atoms with van der Waals surface area (Å²) in [7, 11) is 0. The van der Waals surface area contributed by atoms with Crippen molar-refractivity contribution in [2.24, 2.45) is 5.73 Å². The van der Waals surface area contributed by atoms with E-state index in [2.05, 4.69) is 28.0 Å². The van der Waals surface area contributed by atoms with Crippen molar-refractivity contribution in [2.45, 2.75) is 25.8 Å². The number of fused-ring (bicyclic) bond motifs is 1. The van der Waals surface area contributed by atoms with Gasteiger partial charge < -0.3 is 10.6 Å². The first kappa shape index (κ1) is 26.1. The summed E-state index contributed by atoms with van der Waals surface area (Å²) in [6.07, 6.45) is 1.15. The number of amides is 1. The molecule has 3 aromatic carbocycles. The largest absolute Gasteiger partial charge is 0.330 e. The Balaban J connectivity index is 1.89. The van der Waals surface area contributed by atoms with E-state index >= 15 is 0 Å². The van der Waals surface area contributed by atoms with Crippen molar-refractivity contribution in [1.29, 1.82) is 0 Å². The number of hydrogen-bond acceptors (Lipinski definition) is 5. The average molecular weight is 616 g/mol. The average Bonchev–Trinajstić information content (AvgIpc) is 2.89. The van der Waals surface area contributed by atoms with Crippen LogP contribution in [0.4, 0.5) is 5.69 Å². The molecule has 0 spiro atoms. The summed E-state index contributed by atoms with van der Waals surface area (Å²) < 4.78 is 2.48. The lowest BCUT2D eigenvalue weighted by Crippen LogP contribution is -2.41. The quantitative estimate of drug-likeness (QED) is 0.244.